The Hall–Kier alpha value is -1.22. The molecule has 0 aromatic heterocycles. The number of thioether (sulfide) groups is 2. The molecule has 0 saturated heterocycles. The highest BCUT2D eigenvalue weighted by Crippen LogP contribution is 2.27. The molecule has 1 atom stereocenters. The van der Waals surface area contributed by atoms with Gasteiger partial charge in [-0.3, -0.25) is 9.79 Å². The molecule has 1 amide bonds. The van der Waals surface area contributed by atoms with E-state index in [0.717, 1.165) is 16.7 Å². The van der Waals surface area contributed by atoms with Gasteiger partial charge in [0.25, 0.3) is 0 Å². The number of hydrogen-bond donors (Lipinski definition) is 1. The molecule has 0 aliphatic carbocycles. The van der Waals surface area contributed by atoms with Crippen LogP contribution in [-0.2, 0) is 14.3 Å². The standard InChI is InChI=1S/C13H21N3O4S2/c1-8(15-16-11(18)20-13(2,3)4)9(10(17)19-5)22-12-14-6-7-21-12/h9H,6-7H2,1-5H3,(H,16,18)/b15-8+. The fourth-order valence-electron chi connectivity index (χ4n) is 1.39. The molecule has 0 saturated carbocycles. The summed E-state index contributed by atoms with van der Waals surface area (Å²) >= 11 is 2.86. The first-order chi connectivity index (χ1) is 10.2. The molecule has 1 rings (SSSR count). The highest BCUT2D eigenvalue weighted by molar-refractivity contribution is 8.39. The lowest BCUT2D eigenvalue weighted by Gasteiger charge is -2.19. The number of nitrogens with one attached hydrogen (secondary N) is 1. The third kappa shape index (κ3) is 6.69. The summed E-state index contributed by atoms with van der Waals surface area (Å²) in [5.41, 5.74) is 2.09. The van der Waals surface area contributed by atoms with E-state index in [1.54, 1.807) is 39.5 Å². The topological polar surface area (TPSA) is 89.4 Å². The van der Waals surface area contributed by atoms with Crippen molar-refractivity contribution in [3.63, 3.8) is 0 Å². The summed E-state index contributed by atoms with van der Waals surface area (Å²) in [7, 11) is 1.31. The summed E-state index contributed by atoms with van der Waals surface area (Å²) in [6.45, 7) is 7.66. The number of amides is 1. The number of carbonyl (C=O) groups is 2. The van der Waals surface area contributed by atoms with Gasteiger partial charge in [0.15, 0.2) is 0 Å². The van der Waals surface area contributed by atoms with Crippen molar-refractivity contribution in [2.75, 3.05) is 19.4 Å². The molecule has 9 heteroatoms. The molecule has 0 bridgehead atoms. The molecule has 0 aromatic rings. The smallest absolute Gasteiger partial charge is 0.428 e. The molecule has 1 aliphatic rings. The summed E-state index contributed by atoms with van der Waals surface area (Å²) in [6.07, 6.45) is -0.673. The number of hydrogen-bond acceptors (Lipinski definition) is 8. The lowest BCUT2D eigenvalue weighted by Crippen LogP contribution is -2.33. The molecule has 0 aromatic carbocycles. The normalized spacial score (nSPS) is 16.8. The average Bonchev–Trinajstić information content (AvgIpc) is 2.92. The average molecular weight is 347 g/mol. The minimum Gasteiger partial charge on any atom is -0.468 e. The van der Waals surface area contributed by atoms with Crippen molar-refractivity contribution < 1.29 is 19.1 Å². The van der Waals surface area contributed by atoms with Gasteiger partial charge in [0.1, 0.15) is 15.2 Å². The van der Waals surface area contributed by atoms with Gasteiger partial charge < -0.3 is 9.47 Å². The summed E-state index contributed by atoms with van der Waals surface area (Å²) in [5, 5.41) is 3.28. The number of methoxy groups -OCH3 is 1. The molecular formula is C13H21N3O4S2. The third-order valence-electron chi connectivity index (χ3n) is 2.29. The molecular weight excluding hydrogens is 326 g/mol. The highest BCUT2D eigenvalue weighted by atomic mass is 32.2. The summed E-state index contributed by atoms with van der Waals surface area (Å²) in [4.78, 5) is 27.7. The van der Waals surface area contributed by atoms with Crippen molar-refractivity contribution in [2.24, 2.45) is 10.1 Å². The molecule has 124 valence electrons. The molecule has 0 spiro atoms. The lowest BCUT2D eigenvalue weighted by atomic mass is 10.2. The van der Waals surface area contributed by atoms with Crippen LogP contribution >= 0.6 is 23.5 Å². The first-order valence-corrected chi connectivity index (χ1v) is 8.54. The zero-order valence-corrected chi connectivity index (χ0v) is 15.0. The number of aliphatic imine (C=N–C) groups is 1. The zero-order valence-electron chi connectivity index (χ0n) is 13.3. The second kappa shape index (κ2) is 8.42. The van der Waals surface area contributed by atoms with Crippen LogP contribution in [0.5, 0.6) is 0 Å². The van der Waals surface area contributed by atoms with Crippen LogP contribution in [0.2, 0.25) is 0 Å². The molecule has 1 aliphatic heterocycles. The number of hydrazone groups is 1. The van der Waals surface area contributed by atoms with Crippen molar-refractivity contribution in [1.29, 1.82) is 0 Å². The van der Waals surface area contributed by atoms with Crippen LogP contribution in [0, 0.1) is 0 Å². The second-order valence-corrected chi connectivity index (χ2v) is 7.82. The van der Waals surface area contributed by atoms with E-state index in [1.807, 2.05) is 0 Å². The van der Waals surface area contributed by atoms with Crippen LogP contribution in [-0.4, -0.2) is 52.4 Å². The van der Waals surface area contributed by atoms with Gasteiger partial charge >= 0.3 is 12.1 Å². The fourth-order valence-corrected chi connectivity index (χ4v) is 3.53. The first-order valence-electron chi connectivity index (χ1n) is 6.68. The van der Waals surface area contributed by atoms with Crippen LogP contribution in [0.25, 0.3) is 0 Å². The quantitative estimate of drug-likeness (QED) is 0.477. The van der Waals surface area contributed by atoms with E-state index in [-0.39, 0.29) is 0 Å². The van der Waals surface area contributed by atoms with Gasteiger partial charge in [0, 0.05) is 5.75 Å². The molecule has 1 N–H and O–H groups in total. The molecule has 0 radical (unpaired) electrons. The molecule has 1 unspecified atom stereocenters. The fraction of sp³-hybridized carbons (Fsp3) is 0.692. The lowest BCUT2D eigenvalue weighted by molar-refractivity contribution is -0.138. The van der Waals surface area contributed by atoms with Crippen molar-refractivity contribution in [2.45, 2.75) is 38.5 Å². The van der Waals surface area contributed by atoms with E-state index >= 15 is 0 Å². The molecule has 22 heavy (non-hydrogen) atoms. The van der Waals surface area contributed by atoms with Gasteiger partial charge in [-0.2, -0.15) is 5.10 Å². The van der Waals surface area contributed by atoms with Crippen LogP contribution in [0.4, 0.5) is 4.79 Å². The Morgan fingerprint density at radius 3 is 2.64 bits per heavy atom. The maximum Gasteiger partial charge on any atom is 0.428 e. The van der Waals surface area contributed by atoms with Crippen molar-refractivity contribution >= 4 is 45.7 Å². The van der Waals surface area contributed by atoms with E-state index in [2.05, 4.69) is 15.5 Å². The van der Waals surface area contributed by atoms with Crippen molar-refractivity contribution in [3.05, 3.63) is 0 Å². The Kier molecular flexibility index (Phi) is 7.21. The number of nitrogens with zero attached hydrogens (tertiary/aromatic N) is 2. The SMILES string of the molecule is COC(=O)C(SC1=NCCS1)/C(C)=N/NC(=O)OC(C)(C)C. The maximum absolute atomic E-state index is 11.9. The first kappa shape index (κ1) is 18.8. The van der Waals surface area contributed by atoms with Crippen LogP contribution < -0.4 is 5.43 Å². The van der Waals surface area contributed by atoms with Gasteiger partial charge in [-0.25, -0.2) is 10.2 Å². The predicted octanol–water partition coefficient (Wildman–Crippen LogP) is 2.26. The summed E-state index contributed by atoms with van der Waals surface area (Å²) in [5.74, 6) is 0.468. The minimum absolute atomic E-state index is 0.415. The van der Waals surface area contributed by atoms with Crippen LogP contribution in [0.1, 0.15) is 27.7 Å². The number of esters is 1. The van der Waals surface area contributed by atoms with E-state index in [1.165, 1.54) is 18.9 Å². The second-order valence-electron chi connectivity index (χ2n) is 5.38. The Bertz CT molecular complexity index is 486. The van der Waals surface area contributed by atoms with E-state index < -0.39 is 22.9 Å². The maximum atomic E-state index is 11.9. The minimum atomic E-state index is -0.673. The predicted molar refractivity (Wildman–Crippen MR) is 90.6 cm³/mol. The van der Waals surface area contributed by atoms with Gasteiger partial charge in [0.05, 0.1) is 19.4 Å². The third-order valence-corrected chi connectivity index (χ3v) is 4.80. The van der Waals surface area contributed by atoms with Crippen LogP contribution in [0.15, 0.2) is 10.1 Å². The zero-order chi connectivity index (χ0) is 16.8. The van der Waals surface area contributed by atoms with E-state index in [4.69, 9.17) is 9.47 Å². The van der Waals surface area contributed by atoms with Gasteiger partial charge in [0.2, 0.25) is 0 Å². The largest absolute Gasteiger partial charge is 0.468 e. The Morgan fingerprint density at radius 1 is 1.45 bits per heavy atom. The van der Waals surface area contributed by atoms with E-state index in [9.17, 15) is 9.59 Å². The van der Waals surface area contributed by atoms with Crippen molar-refractivity contribution in [3.8, 4) is 0 Å². The summed E-state index contributed by atoms with van der Waals surface area (Å²) in [6, 6.07) is 0. The Balaban J connectivity index is 2.69. The van der Waals surface area contributed by atoms with Gasteiger partial charge in [-0.15, -0.1) is 0 Å². The van der Waals surface area contributed by atoms with Crippen LogP contribution in [0.3, 0.4) is 0 Å². The monoisotopic (exact) mass is 347 g/mol. The van der Waals surface area contributed by atoms with E-state index in [0.29, 0.717) is 5.71 Å². The Morgan fingerprint density at radius 2 is 2.14 bits per heavy atom. The molecule has 7 nitrogen and oxygen atoms in total. The van der Waals surface area contributed by atoms with Gasteiger partial charge in [-0.1, -0.05) is 23.5 Å². The van der Waals surface area contributed by atoms with Crippen molar-refractivity contribution in [1.82, 2.24) is 5.43 Å². The summed E-state index contributed by atoms with van der Waals surface area (Å²) < 4.78 is 10.7. The number of rotatable bonds is 4. The molecule has 0 fully saturated rings. The Labute approximate surface area is 138 Å². The van der Waals surface area contributed by atoms with Gasteiger partial charge in [-0.05, 0) is 27.7 Å². The highest BCUT2D eigenvalue weighted by Gasteiger charge is 2.27. The number of carbonyl (C=O) groups excluding carboxylic acids is 2. The number of ether oxygens (including phenoxy) is 2. The molecule has 1 heterocycles.